The van der Waals surface area contributed by atoms with E-state index in [9.17, 15) is 40.5 Å². The van der Waals surface area contributed by atoms with Gasteiger partial charge in [0.2, 0.25) is 5.41 Å². The molecule has 0 amide bonds. The molecule has 1 aliphatic carbocycles. The monoisotopic (exact) mass is 344 g/mol. The van der Waals surface area contributed by atoms with Crippen LogP contribution in [0.2, 0.25) is 0 Å². The van der Waals surface area contributed by atoms with Gasteiger partial charge in [-0.05, 0) is 39.3 Å². The van der Waals surface area contributed by atoms with Gasteiger partial charge in [0.1, 0.15) is 0 Å². The van der Waals surface area contributed by atoms with Gasteiger partial charge in [-0.3, -0.25) is 40.5 Å². The second kappa shape index (κ2) is 5.32. The fourth-order valence-electron chi connectivity index (χ4n) is 3.13. The first-order valence-electron chi connectivity index (χ1n) is 6.68. The molecule has 0 aromatic carbocycles. The van der Waals surface area contributed by atoms with Crippen molar-refractivity contribution in [1.82, 2.24) is 0 Å². The lowest BCUT2D eigenvalue weighted by Crippen LogP contribution is -2.65. The zero-order chi connectivity index (χ0) is 19.2. The maximum atomic E-state index is 11.4. The Labute approximate surface area is 135 Å². The van der Waals surface area contributed by atoms with Crippen LogP contribution in [0.4, 0.5) is 0 Å². The quantitative estimate of drug-likeness (QED) is 0.314. The molecule has 0 heterocycles. The summed E-state index contributed by atoms with van der Waals surface area (Å²) in [6.07, 6.45) is 0.895. The van der Waals surface area contributed by atoms with E-state index in [-0.39, 0.29) is 16.7 Å². The van der Waals surface area contributed by atoms with Crippen molar-refractivity contribution in [3.05, 3.63) is 63.3 Å². The lowest BCUT2D eigenvalue weighted by molar-refractivity contribution is -0.982. The first kappa shape index (κ1) is 19.1. The SMILES string of the molecule is CC1=C[C@@](C)(C([N+](=O)[O-])([N+](=O)[O-])[N+](=O)[O-])C(C)=C(C)[C@]1(C)[N+](=O)[O-]. The summed E-state index contributed by atoms with van der Waals surface area (Å²) in [5, 5.41) is 45.6. The zero-order valence-electron chi connectivity index (χ0n) is 13.6. The molecule has 0 fully saturated rings. The van der Waals surface area contributed by atoms with Gasteiger partial charge in [0.05, 0.1) is 0 Å². The number of hydrogen-bond acceptors (Lipinski definition) is 8. The Bertz CT molecular complexity index is 691. The Morgan fingerprint density at radius 1 is 0.833 bits per heavy atom. The third-order valence-corrected chi connectivity index (χ3v) is 5.17. The number of nitro groups is 4. The minimum Gasteiger partial charge on any atom is -0.263 e. The summed E-state index contributed by atoms with van der Waals surface area (Å²) in [5.74, 6) is -3.79. The lowest BCUT2D eigenvalue weighted by Gasteiger charge is -2.36. The molecule has 0 saturated carbocycles. The molecule has 24 heavy (non-hydrogen) atoms. The van der Waals surface area contributed by atoms with Gasteiger partial charge in [0.15, 0.2) is 14.8 Å². The molecule has 1 rings (SSSR count). The van der Waals surface area contributed by atoms with Crippen LogP contribution in [0.5, 0.6) is 0 Å². The van der Waals surface area contributed by atoms with Crippen LogP contribution in [-0.4, -0.2) is 31.0 Å². The number of rotatable bonds is 5. The molecule has 0 aliphatic heterocycles. The molecular weight excluding hydrogens is 328 g/mol. The van der Waals surface area contributed by atoms with Crippen LogP contribution >= 0.6 is 0 Å². The fourth-order valence-corrected chi connectivity index (χ4v) is 3.13. The largest absolute Gasteiger partial charge is 0.712 e. The molecule has 0 aromatic heterocycles. The van der Waals surface area contributed by atoms with Gasteiger partial charge in [-0.15, -0.1) is 0 Å². The van der Waals surface area contributed by atoms with Crippen molar-refractivity contribution in [2.24, 2.45) is 5.41 Å². The van der Waals surface area contributed by atoms with Gasteiger partial charge < -0.3 is 0 Å². The molecular formula is C12H16N4O8. The van der Waals surface area contributed by atoms with E-state index < -0.39 is 36.4 Å². The van der Waals surface area contributed by atoms with Gasteiger partial charge >= 0.3 is 5.79 Å². The average Bonchev–Trinajstić information content (AvgIpc) is 2.41. The maximum absolute atomic E-state index is 11.4. The summed E-state index contributed by atoms with van der Waals surface area (Å²) in [5.41, 5.74) is -4.25. The van der Waals surface area contributed by atoms with Crippen molar-refractivity contribution in [2.75, 3.05) is 0 Å². The van der Waals surface area contributed by atoms with E-state index in [0.717, 1.165) is 13.0 Å². The highest BCUT2D eigenvalue weighted by molar-refractivity contribution is 5.43. The van der Waals surface area contributed by atoms with Crippen molar-refractivity contribution < 1.29 is 19.7 Å². The van der Waals surface area contributed by atoms with E-state index in [4.69, 9.17) is 0 Å². The predicted molar refractivity (Wildman–Crippen MR) is 79.4 cm³/mol. The van der Waals surface area contributed by atoms with Crippen LogP contribution in [0.15, 0.2) is 22.8 Å². The topological polar surface area (TPSA) is 173 Å². The van der Waals surface area contributed by atoms with Crippen LogP contribution in [0.25, 0.3) is 0 Å². The molecule has 0 N–H and O–H groups in total. The summed E-state index contributed by atoms with van der Waals surface area (Å²) in [6, 6.07) is 0. The van der Waals surface area contributed by atoms with Gasteiger partial charge in [0.25, 0.3) is 5.54 Å². The number of nitrogens with zero attached hydrogens (tertiary/aromatic N) is 4. The third-order valence-electron chi connectivity index (χ3n) is 5.17. The highest BCUT2D eigenvalue weighted by Crippen LogP contribution is 2.51. The standard InChI is InChI=1S/C12H16N4O8/c1-7-6-10(4,8(2)9(3)11(7,5)13(17)18)12(14(19)20,15(21)22)16(23)24/h6H,1-5H3/t10-,11-/m1/s1. The second-order valence-corrected chi connectivity index (χ2v) is 6.02. The Morgan fingerprint density at radius 3 is 1.50 bits per heavy atom. The van der Waals surface area contributed by atoms with Crippen molar-refractivity contribution in [3.63, 3.8) is 0 Å². The van der Waals surface area contributed by atoms with Crippen LogP contribution in [0, 0.1) is 45.9 Å². The third kappa shape index (κ3) is 1.91. The highest BCUT2D eigenvalue weighted by atomic mass is 16.7. The second-order valence-electron chi connectivity index (χ2n) is 6.02. The molecule has 12 nitrogen and oxygen atoms in total. The fraction of sp³-hybridized carbons (Fsp3) is 0.667. The average molecular weight is 344 g/mol. The molecule has 132 valence electrons. The zero-order valence-corrected chi connectivity index (χ0v) is 13.6. The lowest BCUT2D eigenvalue weighted by atomic mass is 9.64. The number of hydrogen-bond donors (Lipinski definition) is 0. The summed E-state index contributed by atoms with van der Waals surface area (Å²) in [6.45, 7) is 5.97. The molecule has 0 saturated heterocycles. The summed E-state index contributed by atoms with van der Waals surface area (Å²) in [4.78, 5) is 40.3. The Balaban J connectivity index is 3.98. The van der Waals surface area contributed by atoms with Gasteiger partial charge in [-0.25, -0.2) is 0 Å². The highest BCUT2D eigenvalue weighted by Gasteiger charge is 2.83. The maximum Gasteiger partial charge on any atom is 0.712 e. The summed E-state index contributed by atoms with van der Waals surface area (Å²) < 4.78 is 0. The van der Waals surface area contributed by atoms with Crippen LogP contribution in [0.3, 0.4) is 0 Å². The van der Waals surface area contributed by atoms with E-state index in [1.54, 1.807) is 0 Å². The normalized spacial score (nSPS) is 27.5. The molecule has 0 unspecified atom stereocenters. The molecule has 1 aliphatic rings. The molecule has 0 spiro atoms. The van der Waals surface area contributed by atoms with Crippen molar-refractivity contribution in [1.29, 1.82) is 0 Å². The minimum absolute atomic E-state index is 0.00933. The Morgan fingerprint density at radius 2 is 1.21 bits per heavy atom. The van der Waals surface area contributed by atoms with Crippen LogP contribution in [0.1, 0.15) is 34.6 Å². The Hall–Kier alpha value is -2.92. The summed E-state index contributed by atoms with van der Waals surface area (Å²) in [7, 11) is 0. The smallest absolute Gasteiger partial charge is 0.263 e. The van der Waals surface area contributed by atoms with E-state index in [1.165, 1.54) is 27.7 Å². The van der Waals surface area contributed by atoms with Crippen LogP contribution < -0.4 is 0 Å². The van der Waals surface area contributed by atoms with E-state index in [0.29, 0.717) is 0 Å². The first-order valence-corrected chi connectivity index (χ1v) is 6.68. The molecule has 12 heteroatoms. The first-order chi connectivity index (χ1) is 10.7. The summed E-state index contributed by atoms with van der Waals surface area (Å²) >= 11 is 0. The molecule has 0 bridgehead atoms. The van der Waals surface area contributed by atoms with E-state index in [2.05, 4.69) is 0 Å². The van der Waals surface area contributed by atoms with E-state index >= 15 is 0 Å². The van der Waals surface area contributed by atoms with Crippen LogP contribution in [-0.2, 0) is 0 Å². The molecule has 0 aromatic rings. The van der Waals surface area contributed by atoms with Crippen molar-refractivity contribution >= 4 is 0 Å². The molecule has 2 atom stereocenters. The minimum atomic E-state index is -3.79. The van der Waals surface area contributed by atoms with Gasteiger partial charge in [-0.2, -0.15) is 0 Å². The van der Waals surface area contributed by atoms with Gasteiger partial charge in [0, 0.05) is 23.0 Å². The Kier molecular flexibility index (Phi) is 4.24. The van der Waals surface area contributed by atoms with Gasteiger partial charge in [-0.1, -0.05) is 0 Å². The van der Waals surface area contributed by atoms with Crippen molar-refractivity contribution in [3.8, 4) is 0 Å². The van der Waals surface area contributed by atoms with Crippen molar-refractivity contribution in [2.45, 2.75) is 45.9 Å². The van der Waals surface area contributed by atoms with E-state index in [1.807, 2.05) is 0 Å². The molecule has 0 radical (unpaired) electrons. The predicted octanol–water partition coefficient (Wildman–Crippen LogP) is 1.81.